The number of carbonyl (C=O) groups is 1. The maximum atomic E-state index is 12.5. The summed E-state index contributed by atoms with van der Waals surface area (Å²) in [5.74, 6) is 1.55. The second-order valence-electron chi connectivity index (χ2n) is 6.47. The molecule has 144 valence electrons. The van der Waals surface area contributed by atoms with Gasteiger partial charge in [-0.1, -0.05) is 23.7 Å². The number of amides is 1. The molecule has 0 N–H and O–H groups in total. The van der Waals surface area contributed by atoms with Gasteiger partial charge >= 0.3 is 0 Å². The third-order valence-corrected chi connectivity index (χ3v) is 5.05. The molecule has 0 aromatic heterocycles. The van der Waals surface area contributed by atoms with E-state index in [2.05, 4.69) is 11.0 Å². The topological polar surface area (TPSA) is 42.0 Å². The zero-order chi connectivity index (χ0) is 19.2. The SMILES string of the molecule is CCOc1ccccc1N1CCN(C(=O)COc2ccc(Cl)c(C)c2)CC1. The highest BCUT2D eigenvalue weighted by Gasteiger charge is 2.23. The van der Waals surface area contributed by atoms with Crippen LogP contribution in [0.3, 0.4) is 0 Å². The Labute approximate surface area is 165 Å². The number of carbonyl (C=O) groups excluding carboxylic acids is 1. The molecule has 0 unspecified atom stereocenters. The first-order valence-corrected chi connectivity index (χ1v) is 9.59. The number of rotatable bonds is 6. The first-order valence-electron chi connectivity index (χ1n) is 9.22. The van der Waals surface area contributed by atoms with E-state index in [1.807, 2.05) is 43.0 Å². The summed E-state index contributed by atoms with van der Waals surface area (Å²) in [6, 6.07) is 13.4. The average molecular weight is 389 g/mol. The van der Waals surface area contributed by atoms with Crippen molar-refractivity contribution in [2.75, 3.05) is 44.3 Å². The van der Waals surface area contributed by atoms with Crippen LogP contribution in [-0.2, 0) is 4.79 Å². The smallest absolute Gasteiger partial charge is 0.260 e. The maximum Gasteiger partial charge on any atom is 0.260 e. The molecule has 27 heavy (non-hydrogen) atoms. The summed E-state index contributed by atoms with van der Waals surface area (Å²) < 4.78 is 11.4. The van der Waals surface area contributed by atoms with Crippen molar-refractivity contribution >= 4 is 23.2 Å². The van der Waals surface area contributed by atoms with Gasteiger partial charge in [0, 0.05) is 31.2 Å². The second kappa shape index (κ2) is 9.00. The molecule has 1 aliphatic heterocycles. The zero-order valence-corrected chi connectivity index (χ0v) is 16.5. The lowest BCUT2D eigenvalue weighted by molar-refractivity contribution is -0.133. The number of hydrogen-bond acceptors (Lipinski definition) is 4. The van der Waals surface area contributed by atoms with E-state index in [4.69, 9.17) is 21.1 Å². The van der Waals surface area contributed by atoms with E-state index in [9.17, 15) is 4.79 Å². The van der Waals surface area contributed by atoms with Gasteiger partial charge in [0.25, 0.3) is 5.91 Å². The summed E-state index contributed by atoms with van der Waals surface area (Å²) in [5.41, 5.74) is 2.02. The first-order chi connectivity index (χ1) is 13.1. The molecule has 0 aliphatic carbocycles. The number of ether oxygens (including phenoxy) is 2. The molecule has 0 bridgehead atoms. The second-order valence-corrected chi connectivity index (χ2v) is 6.88. The van der Waals surface area contributed by atoms with Crippen LogP contribution in [0, 0.1) is 6.92 Å². The van der Waals surface area contributed by atoms with Crippen LogP contribution in [0.2, 0.25) is 5.02 Å². The van der Waals surface area contributed by atoms with Gasteiger partial charge in [0.2, 0.25) is 0 Å². The Morgan fingerprint density at radius 2 is 1.81 bits per heavy atom. The third kappa shape index (κ3) is 4.86. The molecule has 1 fully saturated rings. The van der Waals surface area contributed by atoms with Gasteiger partial charge in [0.05, 0.1) is 12.3 Å². The first kappa shape index (κ1) is 19.4. The number of nitrogens with zero attached hydrogens (tertiary/aromatic N) is 2. The number of anilines is 1. The molecule has 6 heteroatoms. The van der Waals surface area contributed by atoms with Crippen molar-refractivity contribution in [3.05, 3.63) is 53.1 Å². The van der Waals surface area contributed by atoms with Gasteiger partial charge in [-0.3, -0.25) is 4.79 Å². The lowest BCUT2D eigenvalue weighted by atomic mass is 10.2. The van der Waals surface area contributed by atoms with E-state index < -0.39 is 0 Å². The molecule has 2 aromatic carbocycles. The van der Waals surface area contributed by atoms with E-state index >= 15 is 0 Å². The summed E-state index contributed by atoms with van der Waals surface area (Å²) in [7, 11) is 0. The lowest BCUT2D eigenvalue weighted by Gasteiger charge is -2.36. The summed E-state index contributed by atoms with van der Waals surface area (Å²) in [6.07, 6.45) is 0. The van der Waals surface area contributed by atoms with Crippen LogP contribution in [-0.4, -0.2) is 50.2 Å². The molecule has 2 aromatic rings. The summed E-state index contributed by atoms with van der Waals surface area (Å²) in [4.78, 5) is 16.6. The Bertz CT molecular complexity index is 789. The molecular formula is C21H25ClN2O3. The molecule has 5 nitrogen and oxygen atoms in total. The van der Waals surface area contributed by atoms with Crippen LogP contribution >= 0.6 is 11.6 Å². The average Bonchev–Trinajstić information content (AvgIpc) is 2.69. The third-order valence-electron chi connectivity index (χ3n) is 4.63. The number of para-hydroxylation sites is 2. The van der Waals surface area contributed by atoms with Gasteiger partial charge < -0.3 is 19.3 Å². The molecular weight excluding hydrogens is 364 g/mol. The molecule has 1 aliphatic rings. The van der Waals surface area contributed by atoms with E-state index in [-0.39, 0.29) is 12.5 Å². The van der Waals surface area contributed by atoms with E-state index in [0.29, 0.717) is 30.5 Å². The number of halogens is 1. The Morgan fingerprint density at radius 1 is 1.07 bits per heavy atom. The fourth-order valence-corrected chi connectivity index (χ4v) is 3.25. The van der Waals surface area contributed by atoms with Crippen molar-refractivity contribution < 1.29 is 14.3 Å². The van der Waals surface area contributed by atoms with Crippen LogP contribution in [0.25, 0.3) is 0 Å². The van der Waals surface area contributed by atoms with E-state index in [0.717, 1.165) is 30.1 Å². The van der Waals surface area contributed by atoms with Crippen LogP contribution in [0.4, 0.5) is 5.69 Å². The fraction of sp³-hybridized carbons (Fsp3) is 0.381. The quantitative estimate of drug-likeness (QED) is 0.755. The predicted octanol–water partition coefficient (Wildman–Crippen LogP) is 3.77. The molecule has 3 rings (SSSR count). The standard InChI is InChI=1S/C21H25ClN2O3/c1-3-26-20-7-5-4-6-19(20)23-10-12-24(13-11-23)21(25)15-27-17-8-9-18(22)16(2)14-17/h4-9,14H,3,10-13,15H2,1-2H3. The van der Waals surface area contributed by atoms with Gasteiger partial charge in [-0.25, -0.2) is 0 Å². The highest BCUT2D eigenvalue weighted by Crippen LogP contribution is 2.29. The van der Waals surface area contributed by atoms with Crippen LogP contribution in [0.1, 0.15) is 12.5 Å². The number of piperazine rings is 1. The lowest BCUT2D eigenvalue weighted by Crippen LogP contribution is -2.50. The van der Waals surface area contributed by atoms with Crippen molar-refractivity contribution in [3.63, 3.8) is 0 Å². The fourth-order valence-electron chi connectivity index (χ4n) is 3.14. The van der Waals surface area contributed by atoms with Gasteiger partial charge in [0.1, 0.15) is 11.5 Å². The normalized spacial score (nSPS) is 14.2. The van der Waals surface area contributed by atoms with Gasteiger partial charge in [-0.15, -0.1) is 0 Å². The van der Waals surface area contributed by atoms with Crippen LogP contribution in [0.15, 0.2) is 42.5 Å². The van der Waals surface area contributed by atoms with Gasteiger partial charge in [-0.2, -0.15) is 0 Å². The molecule has 0 radical (unpaired) electrons. The largest absolute Gasteiger partial charge is 0.492 e. The van der Waals surface area contributed by atoms with Gasteiger partial charge in [0.15, 0.2) is 6.61 Å². The molecule has 0 saturated carbocycles. The Hall–Kier alpha value is -2.40. The van der Waals surface area contributed by atoms with E-state index in [1.165, 1.54) is 0 Å². The highest BCUT2D eigenvalue weighted by atomic mass is 35.5. The monoisotopic (exact) mass is 388 g/mol. The predicted molar refractivity (Wildman–Crippen MR) is 108 cm³/mol. The van der Waals surface area contributed by atoms with E-state index in [1.54, 1.807) is 12.1 Å². The van der Waals surface area contributed by atoms with Crippen molar-refractivity contribution in [2.45, 2.75) is 13.8 Å². The number of benzene rings is 2. The molecule has 1 saturated heterocycles. The van der Waals surface area contributed by atoms with Crippen molar-refractivity contribution in [2.24, 2.45) is 0 Å². The van der Waals surface area contributed by atoms with Crippen molar-refractivity contribution in [1.82, 2.24) is 4.90 Å². The molecule has 0 atom stereocenters. The molecule has 0 spiro atoms. The number of aryl methyl sites for hydroxylation is 1. The Balaban J connectivity index is 1.53. The Kier molecular flexibility index (Phi) is 6.45. The van der Waals surface area contributed by atoms with Crippen molar-refractivity contribution in [1.29, 1.82) is 0 Å². The zero-order valence-electron chi connectivity index (χ0n) is 15.8. The summed E-state index contributed by atoms with van der Waals surface area (Å²) in [6.45, 7) is 7.45. The minimum atomic E-state index is 0.000321. The summed E-state index contributed by atoms with van der Waals surface area (Å²) in [5, 5.41) is 0.692. The maximum absolute atomic E-state index is 12.5. The minimum absolute atomic E-state index is 0.000321. The number of hydrogen-bond donors (Lipinski definition) is 0. The summed E-state index contributed by atoms with van der Waals surface area (Å²) >= 11 is 6.02. The van der Waals surface area contributed by atoms with Crippen LogP contribution < -0.4 is 14.4 Å². The highest BCUT2D eigenvalue weighted by molar-refractivity contribution is 6.31. The molecule has 1 amide bonds. The van der Waals surface area contributed by atoms with Crippen molar-refractivity contribution in [3.8, 4) is 11.5 Å². The van der Waals surface area contributed by atoms with Crippen LogP contribution in [0.5, 0.6) is 11.5 Å². The molecule has 1 heterocycles. The van der Waals surface area contributed by atoms with Gasteiger partial charge in [-0.05, 0) is 49.7 Å². The Morgan fingerprint density at radius 3 is 2.52 bits per heavy atom. The minimum Gasteiger partial charge on any atom is -0.492 e.